The number of likely N-dealkylation sites (tertiary alicyclic amines) is 1. The van der Waals surface area contributed by atoms with Gasteiger partial charge in [0.15, 0.2) is 0 Å². The third-order valence-corrected chi connectivity index (χ3v) is 4.13. The lowest BCUT2D eigenvalue weighted by Crippen LogP contribution is -2.45. The number of hydrogen-bond acceptors (Lipinski definition) is 3. The quantitative estimate of drug-likeness (QED) is 0.772. The van der Waals surface area contributed by atoms with Gasteiger partial charge in [-0.3, -0.25) is 0 Å². The first-order chi connectivity index (χ1) is 8.09. The first-order valence-electron chi connectivity index (χ1n) is 7.15. The van der Waals surface area contributed by atoms with E-state index in [-0.39, 0.29) is 0 Å². The van der Waals surface area contributed by atoms with Gasteiger partial charge >= 0.3 is 0 Å². The van der Waals surface area contributed by atoms with E-state index in [4.69, 9.17) is 4.74 Å². The number of rotatable bonds is 6. The number of ether oxygens (including phenoxy) is 1. The van der Waals surface area contributed by atoms with E-state index in [0.29, 0.717) is 6.10 Å². The molecule has 1 aliphatic heterocycles. The molecule has 2 fully saturated rings. The van der Waals surface area contributed by atoms with Crippen molar-refractivity contribution in [2.24, 2.45) is 5.92 Å². The van der Waals surface area contributed by atoms with Gasteiger partial charge in [0, 0.05) is 26.2 Å². The predicted octanol–water partition coefficient (Wildman–Crippen LogP) is 2.04. The van der Waals surface area contributed by atoms with Crippen LogP contribution in [0.1, 0.15) is 46.0 Å². The minimum atomic E-state index is -0.526. The molecule has 0 aromatic rings. The van der Waals surface area contributed by atoms with Gasteiger partial charge in [0.25, 0.3) is 0 Å². The molecule has 0 radical (unpaired) electrons. The summed E-state index contributed by atoms with van der Waals surface area (Å²) in [6.07, 6.45) is 6.30. The van der Waals surface area contributed by atoms with Gasteiger partial charge < -0.3 is 14.7 Å². The summed E-state index contributed by atoms with van der Waals surface area (Å²) in [7, 11) is 0. The third kappa shape index (κ3) is 4.57. The van der Waals surface area contributed by atoms with Crippen LogP contribution >= 0.6 is 0 Å². The Morgan fingerprint density at radius 3 is 2.41 bits per heavy atom. The first kappa shape index (κ1) is 13.3. The Hall–Kier alpha value is -0.120. The third-order valence-electron chi connectivity index (χ3n) is 4.13. The fourth-order valence-electron chi connectivity index (χ4n) is 2.38. The molecule has 0 spiro atoms. The van der Waals surface area contributed by atoms with Crippen LogP contribution in [0.5, 0.6) is 0 Å². The van der Waals surface area contributed by atoms with Crippen molar-refractivity contribution in [3.63, 3.8) is 0 Å². The van der Waals surface area contributed by atoms with Gasteiger partial charge in [0.2, 0.25) is 0 Å². The summed E-state index contributed by atoms with van der Waals surface area (Å²) in [5.74, 6) is 0.869. The van der Waals surface area contributed by atoms with Crippen LogP contribution in [-0.4, -0.2) is 48.0 Å². The number of piperidine rings is 1. The average Bonchev–Trinajstić information content (AvgIpc) is 3.12. The first-order valence-corrected chi connectivity index (χ1v) is 7.15. The Kier molecular flexibility index (Phi) is 4.45. The smallest absolute Gasteiger partial charge is 0.0743 e. The molecule has 0 aromatic carbocycles. The highest BCUT2D eigenvalue weighted by Crippen LogP contribution is 2.30. The molecule has 3 heteroatoms. The van der Waals surface area contributed by atoms with Crippen molar-refractivity contribution in [1.82, 2.24) is 4.90 Å². The van der Waals surface area contributed by atoms with Crippen molar-refractivity contribution in [2.75, 3.05) is 26.2 Å². The molecular weight excluding hydrogens is 214 g/mol. The fourth-order valence-corrected chi connectivity index (χ4v) is 2.38. The molecule has 100 valence electrons. The van der Waals surface area contributed by atoms with Gasteiger partial charge in [-0.05, 0) is 44.9 Å². The predicted molar refractivity (Wildman–Crippen MR) is 69.1 cm³/mol. The number of β-amino-alcohol motifs (C(OH)–C–C–N with tert-alkyl or cyclic N) is 1. The van der Waals surface area contributed by atoms with E-state index in [0.717, 1.165) is 51.4 Å². The number of nitrogens with zero attached hydrogens (tertiary/aromatic N) is 1. The summed E-state index contributed by atoms with van der Waals surface area (Å²) >= 11 is 0. The SMILES string of the molecule is CC[C@](C)(O)CN1CCC(OCC2CC2)CC1. The molecule has 0 aromatic heterocycles. The van der Waals surface area contributed by atoms with Gasteiger partial charge in [-0.25, -0.2) is 0 Å². The van der Waals surface area contributed by atoms with Crippen molar-refractivity contribution in [3.8, 4) is 0 Å². The summed E-state index contributed by atoms with van der Waals surface area (Å²) < 4.78 is 5.92. The second-order valence-corrected chi connectivity index (χ2v) is 6.10. The maximum atomic E-state index is 10.1. The summed E-state index contributed by atoms with van der Waals surface area (Å²) in [4.78, 5) is 2.38. The summed E-state index contributed by atoms with van der Waals surface area (Å²) in [6, 6.07) is 0. The molecule has 1 saturated heterocycles. The topological polar surface area (TPSA) is 32.7 Å². The molecule has 17 heavy (non-hydrogen) atoms. The molecule has 3 nitrogen and oxygen atoms in total. The maximum absolute atomic E-state index is 10.1. The van der Waals surface area contributed by atoms with E-state index >= 15 is 0 Å². The van der Waals surface area contributed by atoms with Crippen molar-refractivity contribution < 1.29 is 9.84 Å². The van der Waals surface area contributed by atoms with Gasteiger partial charge in [-0.2, -0.15) is 0 Å². The molecule has 1 atom stereocenters. The van der Waals surface area contributed by atoms with Crippen molar-refractivity contribution in [1.29, 1.82) is 0 Å². The van der Waals surface area contributed by atoms with E-state index < -0.39 is 5.60 Å². The highest BCUT2D eigenvalue weighted by atomic mass is 16.5. The van der Waals surface area contributed by atoms with Crippen LogP contribution in [0.25, 0.3) is 0 Å². The zero-order valence-electron chi connectivity index (χ0n) is 11.3. The second kappa shape index (κ2) is 5.68. The van der Waals surface area contributed by atoms with E-state index in [1.54, 1.807) is 0 Å². The van der Waals surface area contributed by atoms with E-state index in [2.05, 4.69) is 4.90 Å². The molecule has 1 saturated carbocycles. The van der Waals surface area contributed by atoms with Gasteiger partial charge in [-0.1, -0.05) is 6.92 Å². The van der Waals surface area contributed by atoms with Crippen LogP contribution in [0.3, 0.4) is 0 Å². The monoisotopic (exact) mass is 241 g/mol. The van der Waals surface area contributed by atoms with Crippen molar-refractivity contribution in [2.45, 2.75) is 57.7 Å². The summed E-state index contributed by atoms with van der Waals surface area (Å²) in [5, 5.41) is 10.1. The Bertz CT molecular complexity index is 230. The lowest BCUT2D eigenvalue weighted by Gasteiger charge is -2.36. The Balaban J connectivity index is 1.63. The minimum Gasteiger partial charge on any atom is -0.389 e. The van der Waals surface area contributed by atoms with Crippen LogP contribution in [0, 0.1) is 5.92 Å². The molecule has 2 aliphatic rings. The highest BCUT2D eigenvalue weighted by molar-refractivity contribution is 4.81. The maximum Gasteiger partial charge on any atom is 0.0743 e. The summed E-state index contributed by atoms with van der Waals surface area (Å²) in [5.41, 5.74) is -0.526. The van der Waals surface area contributed by atoms with E-state index in [9.17, 15) is 5.11 Å². The Morgan fingerprint density at radius 2 is 1.88 bits per heavy atom. The van der Waals surface area contributed by atoms with Gasteiger partial charge in [0.05, 0.1) is 11.7 Å². The zero-order valence-corrected chi connectivity index (χ0v) is 11.3. The Labute approximate surface area is 105 Å². The lowest BCUT2D eigenvalue weighted by molar-refractivity contribution is -0.0278. The Morgan fingerprint density at radius 1 is 1.24 bits per heavy atom. The van der Waals surface area contributed by atoms with Gasteiger partial charge in [0.1, 0.15) is 0 Å². The molecule has 0 amide bonds. The molecule has 1 heterocycles. The summed E-state index contributed by atoms with van der Waals surface area (Å²) in [6.45, 7) is 7.92. The van der Waals surface area contributed by atoms with Crippen LogP contribution in [0.2, 0.25) is 0 Å². The zero-order chi connectivity index (χ0) is 12.3. The van der Waals surface area contributed by atoms with E-state index in [1.165, 1.54) is 12.8 Å². The minimum absolute atomic E-state index is 0.471. The fraction of sp³-hybridized carbons (Fsp3) is 1.00. The van der Waals surface area contributed by atoms with Crippen molar-refractivity contribution >= 4 is 0 Å². The molecule has 0 bridgehead atoms. The largest absolute Gasteiger partial charge is 0.389 e. The molecule has 2 rings (SSSR count). The normalized spacial score (nSPS) is 27.0. The highest BCUT2D eigenvalue weighted by Gasteiger charge is 2.28. The molecule has 0 unspecified atom stereocenters. The van der Waals surface area contributed by atoms with Crippen molar-refractivity contribution in [3.05, 3.63) is 0 Å². The van der Waals surface area contributed by atoms with Crippen LogP contribution < -0.4 is 0 Å². The number of hydrogen-bond donors (Lipinski definition) is 1. The molecule has 1 aliphatic carbocycles. The standard InChI is InChI=1S/C14H27NO2/c1-3-14(2,16)11-15-8-6-13(7-9-15)17-10-12-4-5-12/h12-13,16H,3-11H2,1-2H3/t14-/m0/s1. The molecule has 1 N–H and O–H groups in total. The van der Waals surface area contributed by atoms with Crippen LogP contribution in [0.4, 0.5) is 0 Å². The average molecular weight is 241 g/mol. The van der Waals surface area contributed by atoms with Crippen LogP contribution in [-0.2, 0) is 4.74 Å². The van der Waals surface area contributed by atoms with E-state index in [1.807, 2.05) is 13.8 Å². The number of aliphatic hydroxyl groups is 1. The van der Waals surface area contributed by atoms with Crippen LogP contribution in [0.15, 0.2) is 0 Å². The lowest BCUT2D eigenvalue weighted by atomic mass is 10.0. The van der Waals surface area contributed by atoms with Gasteiger partial charge in [-0.15, -0.1) is 0 Å². The molecular formula is C14H27NO2. The second-order valence-electron chi connectivity index (χ2n) is 6.10.